The molecular weight excluding hydrogens is 322 g/mol. The molecule has 0 fully saturated rings. The first-order valence-corrected chi connectivity index (χ1v) is 8.45. The van der Waals surface area contributed by atoms with Gasteiger partial charge in [0.25, 0.3) is 11.8 Å². The molecule has 0 saturated heterocycles. The first-order chi connectivity index (χ1) is 12.0. The molecular formula is C19H23NO5. The highest BCUT2D eigenvalue weighted by atomic mass is 16.5. The number of esters is 1. The predicted octanol–water partition coefficient (Wildman–Crippen LogP) is 2.57. The van der Waals surface area contributed by atoms with E-state index in [-0.39, 0.29) is 29.5 Å². The van der Waals surface area contributed by atoms with Gasteiger partial charge in [0.1, 0.15) is 6.61 Å². The van der Waals surface area contributed by atoms with Gasteiger partial charge >= 0.3 is 5.97 Å². The lowest BCUT2D eigenvalue weighted by Crippen LogP contribution is -2.30. The van der Waals surface area contributed by atoms with Crippen LogP contribution in [0.4, 0.5) is 0 Å². The summed E-state index contributed by atoms with van der Waals surface area (Å²) in [6, 6.07) is 4.33. The van der Waals surface area contributed by atoms with Gasteiger partial charge in [0, 0.05) is 6.54 Å². The average molecular weight is 345 g/mol. The van der Waals surface area contributed by atoms with Gasteiger partial charge in [0.05, 0.1) is 22.8 Å². The first kappa shape index (κ1) is 18.9. The molecule has 1 unspecified atom stereocenters. The molecule has 0 spiro atoms. The molecule has 1 N–H and O–H groups in total. The molecule has 2 amide bonds. The summed E-state index contributed by atoms with van der Waals surface area (Å²) in [4.78, 5) is 38.0. The van der Waals surface area contributed by atoms with E-state index in [4.69, 9.17) is 4.74 Å². The Hall–Kier alpha value is -2.47. The zero-order valence-electron chi connectivity index (χ0n) is 14.4. The Morgan fingerprint density at radius 1 is 1.28 bits per heavy atom. The van der Waals surface area contributed by atoms with Crippen LogP contribution in [0, 0.1) is 0 Å². The first-order valence-electron chi connectivity index (χ1n) is 8.45. The van der Waals surface area contributed by atoms with Gasteiger partial charge in [0.15, 0.2) is 0 Å². The number of nitrogens with zero attached hydrogens (tertiary/aromatic N) is 1. The minimum Gasteiger partial charge on any atom is -0.459 e. The van der Waals surface area contributed by atoms with Gasteiger partial charge in [-0.1, -0.05) is 13.0 Å². The monoisotopic (exact) mass is 345 g/mol. The zero-order chi connectivity index (χ0) is 18.4. The molecule has 25 heavy (non-hydrogen) atoms. The summed E-state index contributed by atoms with van der Waals surface area (Å²) in [7, 11) is 0. The van der Waals surface area contributed by atoms with E-state index in [1.54, 1.807) is 13.0 Å². The van der Waals surface area contributed by atoms with Crippen LogP contribution in [-0.4, -0.2) is 47.0 Å². The molecule has 1 aromatic carbocycles. The highest BCUT2D eigenvalue weighted by molar-refractivity contribution is 6.21. The fraction of sp³-hybridized carbons (Fsp3) is 0.421. The van der Waals surface area contributed by atoms with Crippen molar-refractivity contribution in [3.05, 3.63) is 47.5 Å². The number of aliphatic hydroxyl groups excluding tert-OH is 1. The number of rotatable bonds is 9. The molecule has 6 heteroatoms. The molecule has 1 atom stereocenters. The topological polar surface area (TPSA) is 83.9 Å². The van der Waals surface area contributed by atoms with Crippen LogP contribution in [0.1, 0.15) is 63.7 Å². The van der Waals surface area contributed by atoms with Crippen LogP contribution in [0.2, 0.25) is 0 Å². The van der Waals surface area contributed by atoms with Crippen molar-refractivity contribution in [3.63, 3.8) is 0 Å². The summed E-state index contributed by atoms with van der Waals surface area (Å²) in [5.74, 6) is -1.35. The molecule has 0 radical (unpaired) electrons. The number of benzene rings is 1. The number of hydrogen-bond acceptors (Lipinski definition) is 5. The molecule has 134 valence electrons. The minimum absolute atomic E-state index is 0.102. The van der Waals surface area contributed by atoms with Crippen molar-refractivity contribution < 1.29 is 24.2 Å². The third kappa shape index (κ3) is 4.33. The average Bonchev–Trinajstić information content (AvgIpc) is 2.87. The molecule has 0 bridgehead atoms. The van der Waals surface area contributed by atoms with Gasteiger partial charge in [-0.2, -0.15) is 0 Å². The van der Waals surface area contributed by atoms with Crippen LogP contribution in [0.25, 0.3) is 0 Å². The number of ether oxygens (including phenoxy) is 1. The SMILES string of the molecule is C=CCCCCN1C(=O)c2ccc(C(=O)OCC(O)CC)cc2C1=O. The van der Waals surface area contributed by atoms with Crippen molar-refractivity contribution in [2.75, 3.05) is 13.2 Å². The fourth-order valence-electron chi connectivity index (χ4n) is 2.55. The van der Waals surface area contributed by atoms with Crippen LogP contribution < -0.4 is 0 Å². The predicted molar refractivity (Wildman–Crippen MR) is 92.4 cm³/mol. The van der Waals surface area contributed by atoms with Gasteiger partial charge in [-0.3, -0.25) is 14.5 Å². The Kier molecular flexibility index (Phi) is 6.47. The smallest absolute Gasteiger partial charge is 0.338 e. The molecule has 1 aliphatic rings. The molecule has 1 aliphatic heterocycles. The number of hydrogen-bond donors (Lipinski definition) is 1. The summed E-state index contributed by atoms with van der Waals surface area (Å²) in [6.07, 6.45) is 3.96. The quantitative estimate of drug-likeness (QED) is 0.322. The second-order valence-corrected chi connectivity index (χ2v) is 5.97. The Morgan fingerprint density at radius 3 is 2.68 bits per heavy atom. The van der Waals surface area contributed by atoms with E-state index in [0.717, 1.165) is 12.8 Å². The molecule has 2 rings (SSSR count). The van der Waals surface area contributed by atoms with E-state index in [9.17, 15) is 19.5 Å². The summed E-state index contributed by atoms with van der Waals surface area (Å²) >= 11 is 0. The van der Waals surface area contributed by atoms with E-state index in [1.165, 1.54) is 23.1 Å². The lowest BCUT2D eigenvalue weighted by molar-refractivity contribution is 0.0250. The molecule has 1 aromatic rings. The number of carbonyl (C=O) groups is 3. The summed E-state index contributed by atoms with van der Waals surface area (Å²) in [6.45, 7) is 5.67. The Bertz CT molecular complexity index is 682. The van der Waals surface area contributed by atoms with Crippen LogP contribution in [-0.2, 0) is 4.74 Å². The Labute approximate surface area is 147 Å². The molecule has 0 aliphatic carbocycles. The molecule has 0 saturated carbocycles. The van der Waals surface area contributed by atoms with Crippen LogP contribution in [0.15, 0.2) is 30.9 Å². The van der Waals surface area contributed by atoms with Crippen molar-refractivity contribution >= 4 is 17.8 Å². The van der Waals surface area contributed by atoms with E-state index in [1.807, 2.05) is 0 Å². The second-order valence-electron chi connectivity index (χ2n) is 5.97. The van der Waals surface area contributed by atoms with Gasteiger partial charge in [-0.05, 0) is 43.9 Å². The Morgan fingerprint density at radius 2 is 2.00 bits per heavy atom. The Balaban J connectivity index is 2.07. The highest BCUT2D eigenvalue weighted by Gasteiger charge is 2.35. The normalized spacial score (nSPS) is 14.4. The highest BCUT2D eigenvalue weighted by Crippen LogP contribution is 2.25. The third-order valence-electron chi connectivity index (χ3n) is 4.12. The minimum atomic E-state index is -0.715. The van der Waals surface area contributed by atoms with Gasteiger partial charge in [-0.15, -0.1) is 6.58 Å². The van der Waals surface area contributed by atoms with Crippen LogP contribution in [0.5, 0.6) is 0 Å². The van der Waals surface area contributed by atoms with Crippen LogP contribution in [0.3, 0.4) is 0 Å². The lowest BCUT2D eigenvalue weighted by Gasteiger charge is -2.12. The third-order valence-corrected chi connectivity index (χ3v) is 4.12. The van der Waals surface area contributed by atoms with Gasteiger partial charge in [-0.25, -0.2) is 4.79 Å². The fourth-order valence-corrected chi connectivity index (χ4v) is 2.55. The largest absolute Gasteiger partial charge is 0.459 e. The van der Waals surface area contributed by atoms with E-state index >= 15 is 0 Å². The standard InChI is InChI=1S/C19H23NO5/c1-3-5-6-7-10-20-17(22)15-9-8-13(11-16(15)18(20)23)19(24)25-12-14(21)4-2/h3,8-9,11,14,21H,1,4-7,10,12H2,2H3. The number of imide groups is 1. The van der Waals surface area contributed by atoms with Crippen molar-refractivity contribution in [2.45, 2.75) is 38.7 Å². The molecule has 0 aromatic heterocycles. The maximum atomic E-state index is 12.5. The van der Waals surface area contributed by atoms with Crippen molar-refractivity contribution in [2.24, 2.45) is 0 Å². The summed E-state index contributed by atoms with van der Waals surface area (Å²) in [5.41, 5.74) is 0.717. The van der Waals surface area contributed by atoms with Crippen molar-refractivity contribution in [3.8, 4) is 0 Å². The maximum Gasteiger partial charge on any atom is 0.338 e. The second kappa shape index (κ2) is 8.58. The number of fused-ring (bicyclic) bond motifs is 1. The number of allylic oxidation sites excluding steroid dienone is 1. The summed E-state index contributed by atoms with van der Waals surface area (Å²) < 4.78 is 5.01. The zero-order valence-corrected chi connectivity index (χ0v) is 14.4. The maximum absolute atomic E-state index is 12.5. The van der Waals surface area contributed by atoms with E-state index in [2.05, 4.69) is 6.58 Å². The number of amides is 2. The molecule has 1 heterocycles. The van der Waals surface area contributed by atoms with Gasteiger partial charge < -0.3 is 9.84 Å². The van der Waals surface area contributed by atoms with E-state index < -0.39 is 12.1 Å². The summed E-state index contributed by atoms with van der Waals surface area (Å²) in [5, 5.41) is 9.45. The lowest BCUT2D eigenvalue weighted by atomic mass is 10.1. The van der Waals surface area contributed by atoms with Gasteiger partial charge in [0.2, 0.25) is 0 Å². The van der Waals surface area contributed by atoms with Crippen LogP contribution >= 0.6 is 0 Å². The van der Waals surface area contributed by atoms with Crippen molar-refractivity contribution in [1.82, 2.24) is 4.90 Å². The molecule has 6 nitrogen and oxygen atoms in total. The number of carbonyl (C=O) groups excluding carboxylic acids is 3. The number of unbranched alkanes of at least 4 members (excludes halogenated alkanes) is 2. The van der Waals surface area contributed by atoms with Crippen molar-refractivity contribution in [1.29, 1.82) is 0 Å². The number of aliphatic hydroxyl groups is 1. The van der Waals surface area contributed by atoms with E-state index in [0.29, 0.717) is 24.9 Å².